The molecule has 35 nitrogen and oxygen atoms in total. The Morgan fingerprint density at radius 1 is 0.475 bits per heavy atom. The van der Waals surface area contributed by atoms with Gasteiger partial charge < -0.3 is 30.7 Å². The van der Waals surface area contributed by atoms with E-state index in [9.17, 15) is 84.3 Å². The lowest BCUT2D eigenvalue weighted by molar-refractivity contribution is -0.159. The van der Waals surface area contributed by atoms with Crippen LogP contribution in [0.3, 0.4) is 0 Å². The molecule has 9 aromatic rings. The van der Waals surface area contributed by atoms with Crippen molar-refractivity contribution in [2.75, 3.05) is 39.7 Å². The number of nitrogens with zero attached hydrogens (tertiary/aromatic N) is 15. The molecule has 9 heterocycles. The van der Waals surface area contributed by atoms with Gasteiger partial charge in [-0.05, 0) is 222 Å². The topological polar surface area (TPSA) is 480 Å². The number of fused-ring (bicyclic) bond motifs is 3. The summed E-state index contributed by atoms with van der Waals surface area (Å²) < 4.78 is 102. The Morgan fingerprint density at radius 2 is 0.741 bits per heavy atom. The smallest absolute Gasteiger partial charge is 0.325 e. The Hall–Kier alpha value is -10.8. The number of esters is 2. The van der Waals surface area contributed by atoms with E-state index >= 15 is 0 Å². The zero-order valence-corrected chi connectivity index (χ0v) is 83.4. The van der Waals surface area contributed by atoms with E-state index in [2.05, 4.69) is 26.3 Å². The normalized spacial score (nSPS) is 19.8. The van der Waals surface area contributed by atoms with Crippen molar-refractivity contribution in [2.24, 2.45) is 5.73 Å². The number of amides is 4. The monoisotopic (exact) mass is 2120 g/mol. The number of aromatic nitrogens is 6. The van der Waals surface area contributed by atoms with Gasteiger partial charge in [-0.25, -0.2) is 54.9 Å². The van der Waals surface area contributed by atoms with Gasteiger partial charge in [0.05, 0.1) is 75.9 Å². The van der Waals surface area contributed by atoms with E-state index in [4.69, 9.17) is 113 Å². The van der Waals surface area contributed by atoms with Gasteiger partial charge in [-0.2, -0.15) is 28.7 Å². The molecule has 0 aliphatic carbocycles. The summed E-state index contributed by atoms with van der Waals surface area (Å²) in [5, 5.41) is 49.7. The van der Waals surface area contributed by atoms with Gasteiger partial charge in [0.1, 0.15) is 58.0 Å². The number of ether oxygens (including phenoxy) is 2. The second-order valence-electron chi connectivity index (χ2n) is 35.0. The molecule has 139 heavy (non-hydrogen) atoms. The van der Waals surface area contributed by atoms with Crippen molar-refractivity contribution in [1.82, 2.24) is 46.9 Å². The highest BCUT2D eigenvalue weighted by Gasteiger charge is 2.58. The third-order valence-electron chi connectivity index (χ3n) is 22.5. The molecule has 3 aromatic heterocycles. The first-order chi connectivity index (χ1) is 63.6. The number of nitrogens with one attached hydrogen (secondary N) is 1. The maximum Gasteiger partial charge on any atom is 0.325 e. The number of carbonyl (C=O) groups is 8. The van der Waals surface area contributed by atoms with Crippen LogP contribution >= 0.6 is 92.8 Å². The maximum absolute atomic E-state index is 14.3. The number of nitriles is 3. The molecular formula is C93H105Cl8N17O18S3. The molecule has 4 amide bonds. The molecule has 8 atom stereocenters. The summed E-state index contributed by atoms with van der Waals surface area (Å²) in [6, 6.07) is 34.6. The number of carbonyl (C=O) groups excluding carboxylic acids is 6. The van der Waals surface area contributed by atoms with Gasteiger partial charge in [0, 0.05) is 69.0 Å². The first-order valence-corrected chi connectivity index (χ1v) is 49.6. The molecule has 0 saturated carbocycles. The third kappa shape index (κ3) is 24.2. The first kappa shape index (κ1) is 113. The van der Waals surface area contributed by atoms with Crippen LogP contribution in [0.5, 0.6) is 0 Å². The first-order valence-electron chi connectivity index (χ1n) is 41.9. The molecule has 0 unspecified atom stereocenters. The van der Waals surface area contributed by atoms with Crippen molar-refractivity contribution in [3.8, 4) is 18.2 Å². The number of hydrogen-bond donors (Lipinski definition) is 4. The lowest BCUT2D eigenvalue weighted by Gasteiger charge is -2.29. The van der Waals surface area contributed by atoms with E-state index < -0.39 is 130 Å². The van der Waals surface area contributed by atoms with Crippen LogP contribution in [0.15, 0.2) is 161 Å². The van der Waals surface area contributed by atoms with Crippen LogP contribution in [0.1, 0.15) is 170 Å². The van der Waals surface area contributed by atoms with Crippen molar-refractivity contribution in [3.05, 3.63) is 210 Å². The molecule has 6 aliphatic heterocycles. The number of imidazole rings is 3. The van der Waals surface area contributed by atoms with E-state index in [0.29, 0.717) is 70.4 Å². The van der Waals surface area contributed by atoms with Crippen LogP contribution in [0, 0.1) is 34.0 Å². The van der Waals surface area contributed by atoms with E-state index in [1.807, 2.05) is 32.9 Å². The number of alkyl halides is 2. The number of benzene rings is 6. The zero-order chi connectivity index (χ0) is 100. The summed E-state index contributed by atoms with van der Waals surface area (Å²) in [6.07, 6.45) is 5.59. The number of carboxylic acid groups (broad SMARTS) is 2. The Labute approximate surface area is 847 Å². The molecule has 46 heteroatoms. The van der Waals surface area contributed by atoms with Gasteiger partial charge in [-0.1, -0.05) is 128 Å². The lowest BCUT2D eigenvalue weighted by atomic mass is 9.91. The number of anilines is 6. The summed E-state index contributed by atoms with van der Waals surface area (Å²) in [4.78, 5) is 119. The minimum Gasteiger partial charge on any atom is -0.480 e. The van der Waals surface area contributed by atoms with Crippen LogP contribution < -0.4 is 25.8 Å². The number of hydrogen-bond acceptors (Lipinski definition) is 23. The van der Waals surface area contributed by atoms with Gasteiger partial charge in [0.2, 0.25) is 23.8 Å². The van der Waals surface area contributed by atoms with E-state index in [-0.39, 0.29) is 154 Å². The van der Waals surface area contributed by atoms with E-state index in [1.165, 1.54) is 84.0 Å². The third-order valence-corrected chi connectivity index (χ3v) is 29.4. The van der Waals surface area contributed by atoms with Crippen LogP contribution in [0.2, 0.25) is 30.1 Å². The largest absolute Gasteiger partial charge is 0.480 e. The van der Waals surface area contributed by atoms with Crippen LogP contribution in [-0.4, -0.2) is 191 Å². The molecule has 3 fully saturated rings. The highest BCUT2D eigenvalue weighted by Crippen LogP contribution is 2.50. The molecule has 744 valence electrons. The average Bonchev–Trinajstić information content (AvgIpc) is 1.55. The van der Waals surface area contributed by atoms with Gasteiger partial charge in [-0.15, -0.1) is 23.2 Å². The Balaban J connectivity index is 0.000000238. The van der Waals surface area contributed by atoms with Crippen LogP contribution in [0.4, 0.5) is 34.9 Å². The fourth-order valence-electron chi connectivity index (χ4n) is 16.4. The average molecular weight is 2130 g/mol. The summed E-state index contributed by atoms with van der Waals surface area (Å²) in [7, 11) is -13.1. The van der Waals surface area contributed by atoms with E-state index in [1.54, 1.807) is 133 Å². The highest BCUT2D eigenvalue weighted by molar-refractivity contribution is 7.89. The highest BCUT2D eigenvalue weighted by atomic mass is 35.5. The summed E-state index contributed by atoms with van der Waals surface area (Å²) >= 11 is 47.0. The number of aliphatic carboxylic acids is 2. The van der Waals surface area contributed by atoms with Crippen LogP contribution in [0.25, 0.3) is 0 Å². The molecule has 0 radical (unpaired) electrons. The number of nitrogens with two attached hydrogens (primary N) is 1. The maximum atomic E-state index is 14.3. The summed E-state index contributed by atoms with van der Waals surface area (Å²) in [6.45, 7) is 18.5. The van der Waals surface area contributed by atoms with Gasteiger partial charge in [0.15, 0.2) is 15.1 Å². The molecule has 0 bridgehead atoms. The number of rotatable bonds is 21. The number of carboxylic acids is 2. The van der Waals surface area contributed by atoms with Gasteiger partial charge >= 0.3 is 23.9 Å². The SMILES string of the molecule is C.C.C.CC(C)(C)OC(=O)[C@@H]1CCCN1S(=O)(=O)c1cnc2n1[C@](C)(Cc1ccc(C#N)cc1)C(=O)N2c1cc(Cl)cc(Cl)c1.C[C@@H](N)C(=O)OC(C)(C)C.C[C@@H](NC(=O)[C@@H]1CCCN1S(=O)(=O)c1cnc2n1[C@](C)(Cc1ccc(C#N)cc1)C(=O)N2c1cc(Cl)cc(Cl)c1)C(=O)O.C[C@@]1(Cc2ccc(C#N)cc2)C(=O)N(c2cc(Cl)cc(Cl)c2)c2ncc(S(=O)(=O)N3CCC[C@H]3C(=O)O)n21.ClCCl. The molecule has 3 saturated heterocycles. The second kappa shape index (κ2) is 45.0. The second-order valence-corrected chi connectivity index (χ2v) is 43.9. The fraction of sp³-hybridized carbons (Fsp3) is 0.398. The molecule has 5 N–H and O–H groups in total. The number of halogens is 8. The van der Waals surface area contributed by atoms with Crippen molar-refractivity contribution < 1.29 is 83.3 Å². The van der Waals surface area contributed by atoms with Crippen molar-refractivity contribution >= 4 is 205 Å². The molecule has 15 rings (SSSR count). The zero-order valence-electron chi connectivity index (χ0n) is 74.9. The van der Waals surface area contributed by atoms with Crippen molar-refractivity contribution in [1.29, 1.82) is 15.8 Å². The predicted octanol–water partition coefficient (Wildman–Crippen LogP) is 16.6. The quantitative estimate of drug-likeness (QED) is 0.0383. The molecule has 6 aromatic carbocycles. The fourth-order valence-corrected chi connectivity index (χ4v) is 23.5. The van der Waals surface area contributed by atoms with Gasteiger partial charge in [-0.3, -0.25) is 52.1 Å². The molecule has 0 spiro atoms. The molecular weight excluding hydrogens is 2020 g/mol. The lowest BCUT2D eigenvalue weighted by Crippen LogP contribution is -2.50. The Morgan fingerprint density at radius 3 is 0.993 bits per heavy atom. The summed E-state index contributed by atoms with van der Waals surface area (Å²) in [5.74, 6) is -5.52. The Bertz CT molecular complexity index is 6620. The standard InChI is InChI=1S/C29H29Cl2N5O5S.C28H26Cl2N6O6S.C25H21Cl2N5O5S.C7H15NO2.CH2Cl2.3CH4/c1-28(2,3)41-25(37)23-6-5-11-34(23)42(39,40)24-17-33-27-35(22-13-20(30)12-21(31)14-22)26(38)29(4,36(24)27)15-18-7-9-19(16-32)10-8-18;1-16(25(38)39)33-24(37)22-4-3-9-34(22)43(41,42)23-15-32-27-35(21-11-19(29)10-20(30)12-21)26(40)28(2,36(23)27)13-17-5-7-18(14-31)8-6-17;1-25(12-15-4-6-16(13-28)7-5-15)23(35)31(19-10-17(26)9-18(27)11-19)24-29-14-21(32(24)25)38(36,37)30-8-2-3-20(30)22(33)34;1-5(8)6(9)10-7(2,3)4;2-1-3;;;/h7-10,12-14,17,23H,5-6,11,15H2,1-4H3;5-8,10-12,15-16,22H,3-4,9,13H2,1-2H3,(H,33,37)(H,38,39);4-7,9-11,14,20H,2-3,8,12H2,1H3,(H,33,34);5H,8H2,1-4H3;1H2;3*1H4/t23-,29+;16-,22+,28-;20-,25+;5-;;;;/m0101..../s1. The Kier molecular flexibility index (Phi) is 36.7. The van der Waals surface area contributed by atoms with Crippen LogP contribution in [-0.2, 0) is 114 Å². The van der Waals surface area contributed by atoms with Gasteiger partial charge in [0.25, 0.3) is 47.8 Å². The van der Waals surface area contributed by atoms with E-state index in [0.717, 1.165) is 25.3 Å². The van der Waals surface area contributed by atoms with Crippen molar-refractivity contribution in [3.63, 3.8) is 0 Å². The number of sulfonamides is 3. The minimum atomic E-state index is -4.44. The summed E-state index contributed by atoms with van der Waals surface area (Å²) in [5.41, 5.74) is 3.84. The minimum absolute atomic E-state index is 0. The van der Waals surface area contributed by atoms with Crippen molar-refractivity contribution in [2.45, 2.75) is 229 Å². The molecule has 6 aliphatic rings. The predicted molar refractivity (Wildman–Crippen MR) is 529 cm³/mol.